The van der Waals surface area contributed by atoms with Gasteiger partial charge in [-0.15, -0.1) is 0 Å². The normalized spacial score (nSPS) is 11.6. The van der Waals surface area contributed by atoms with Gasteiger partial charge in [0, 0.05) is 26.7 Å². The third-order valence-electron chi connectivity index (χ3n) is 4.96. The summed E-state index contributed by atoms with van der Waals surface area (Å²) in [4.78, 5) is 12.9. The van der Waals surface area contributed by atoms with E-state index in [1.807, 2.05) is 0 Å². The highest BCUT2D eigenvalue weighted by molar-refractivity contribution is 7.92. The summed E-state index contributed by atoms with van der Waals surface area (Å²) < 4.78 is 32.0. The van der Waals surface area contributed by atoms with E-state index in [9.17, 15) is 13.2 Å². The maximum atomic E-state index is 13.4. The zero-order valence-electron chi connectivity index (χ0n) is 16.9. The van der Waals surface area contributed by atoms with Crippen molar-refractivity contribution in [2.45, 2.75) is 5.25 Å². The lowest BCUT2D eigenvalue weighted by molar-refractivity contribution is 0.0981. The average molecular weight is 521 g/mol. The smallest absolute Gasteiger partial charge is 0.215 e. The molecule has 5 nitrogen and oxygen atoms in total. The van der Waals surface area contributed by atoms with E-state index in [2.05, 4.69) is 5.16 Å². The number of hydrogen-bond acceptors (Lipinski definition) is 5. The van der Waals surface area contributed by atoms with Gasteiger partial charge in [-0.3, -0.25) is 4.79 Å². The number of rotatable bonds is 7. The van der Waals surface area contributed by atoms with E-state index < -0.39 is 26.6 Å². The highest BCUT2D eigenvalue weighted by Crippen LogP contribution is 2.33. The Morgan fingerprint density at radius 3 is 1.73 bits per heavy atom. The number of carbonyl (C=O) groups is 1. The summed E-state index contributed by atoms with van der Waals surface area (Å²) in [6, 6.07) is 21.1. The topological polar surface area (TPSA) is 77.2 Å². The fourth-order valence-electron chi connectivity index (χ4n) is 3.38. The number of halogens is 3. The van der Waals surface area contributed by atoms with Gasteiger partial charge in [-0.1, -0.05) is 76.4 Å². The summed E-state index contributed by atoms with van der Waals surface area (Å²) >= 11 is 17.8. The highest BCUT2D eigenvalue weighted by atomic mass is 35.5. The van der Waals surface area contributed by atoms with E-state index in [4.69, 9.17) is 39.3 Å². The Kier molecular flexibility index (Phi) is 6.91. The number of hydrogen-bond donors (Lipinski definition) is 0. The van der Waals surface area contributed by atoms with Gasteiger partial charge in [0.15, 0.2) is 9.84 Å². The molecule has 0 aliphatic carbocycles. The van der Waals surface area contributed by atoms with Crippen LogP contribution in [0, 0.1) is 0 Å². The van der Waals surface area contributed by atoms with Crippen LogP contribution >= 0.6 is 34.8 Å². The van der Waals surface area contributed by atoms with Crippen molar-refractivity contribution in [1.29, 1.82) is 0 Å². The van der Waals surface area contributed by atoms with Crippen LogP contribution in [0.2, 0.25) is 15.1 Å². The van der Waals surface area contributed by atoms with Gasteiger partial charge in [0.25, 0.3) is 0 Å². The SMILES string of the molecule is O=C(CS(=O)(=O)C(c1ccc(Cl)cc1)c1ccc(Cl)cc1)c1cc(-c2ccc(Cl)cc2)no1. The molecule has 0 amide bonds. The number of carbonyl (C=O) groups excluding carboxylic acids is 1. The molecule has 0 radical (unpaired) electrons. The van der Waals surface area contributed by atoms with Gasteiger partial charge >= 0.3 is 0 Å². The molecular formula is C24H16Cl3NO4S. The molecule has 0 atom stereocenters. The lowest BCUT2D eigenvalue weighted by Crippen LogP contribution is -2.23. The van der Waals surface area contributed by atoms with Gasteiger partial charge < -0.3 is 4.52 Å². The van der Waals surface area contributed by atoms with Gasteiger partial charge in [0.05, 0.1) is 0 Å². The molecule has 9 heteroatoms. The van der Waals surface area contributed by atoms with Crippen LogP contribution in [0.25, 0.3) is 11.3 Å². The van der Waals surface area contributed by atoms with Gasteiger partial charge in [-0.2, -0.15) is 0 Å². The van der Waals surface area contributed by atoms with Crippen molar-refractivity contribution in [2.75, 3.05) is 5.75 Å². The number of ketones is 1. The predicted molar refractivity (Wildman–Crippen MR) is 130 cm³/mol. The van der Waals surface area contributed by atoms with Crippen LogP contribution in [0.5, 0.6) is 0 Å². The molecular weight excluding hydrogens is 505 g/mol. The van der Waals surface area contributed by atoms with E-state index in [-0.39, 0.29) is 5.76 Å². The molecule has 4 rings (SSSR count). The van der Waals surface area contributed by atoms with Crippen molar-refractivity contribution in [3.63, 3.8) is 0 Å². The number of benzene rings is 3. The van der Waals surface area contributed by atoms with E-state index in [0.29, 0.717) is 37.5 Å². The summed E-state index contributed by atoms with van der Waals surface area (Å²) in [6.45, 7) is 0. The monoisotopic (exact) mass is 519 g/mol. The summed E-state index contributed by atoms with van der Waals surface area (Å²) in [5.41, 5.74) is 2.05. The van der Waals surface area contributed by atoms with Crippen LogP contribution < -0.4 is 0 Å². The molecule has 0 aliphatic heterocycles. The highest BCUT2D eigenvalue weighted by Gasteiger charge is 2.32. The van der Waals surface area contributed by atoms with Crippen LogP contribution in [0.15, 0.2) is 83.4 Å². The van der Waals surface area contributed by atoms with Crippen molar-refractivity contribution >= 4 is 50.4 Å². The van der Waals surface area contributed by atoms with Crippen molar-refractivity contribution in [2.24, 2.45) is 0 Å². The minimum absolute atomic E-state index is 0.144. The molecule has 1 aromatic heterocycles. The van der Waals surface area contributed by atoms with Gasteiger partial charge in [-0.05, 0) is 47.5 Å². The van der Waals surface area contributed by atoms with Crippen LogP contribution in [0.1, 0.15) is 26.9 Å². The van der Waals surface area contributed by atoms with Gasteiger partial charge in [-0.25, -0.2) is 8.42 Å². The Bertz CT molecular complexity index is 1340. The summed E-state index contributed by atoms with van der Waals surface area (Å²) in [5, 5.41) is 4.29. The quantitative estimate of drug-likeness (QED) is 0.254. The summed E-state index contributed by atoms with van der Waals surface area (Å²) in [6.07, 6.45) is 0. The first-order chi connectivity index (χ1) is 15.7. The molecule has 0 aliphatic rings. The Balaban J connectivity index is 1.64. The van der Waals surface area contributed by atoms with Crippen molar-refractivity contribution in [3.8, 4) is 11.3 Å². The second kappa shape index (κ2) is 9.69. The molecule has 33 heavy (non-hydrogen) atoms. The number of aromatic nitrogens is 1. The summed E-state index contributed by atoms with van der Waals surface area (Å²) in [5.74, 6) is -1.61. The number of Topliss-reactive ketones (excluding diaryl/α,β-unsaturated/α-hetero) is 1. The molecule has 0 N–H and O–H groups in total. The molecule has 4 aromatic rings. The summed E-state index contributed by atoms with van der Waals surface area (Å²) in [7, 11) is -4.00. The first-order valence-corrected chi connectivity index (χ1v) is 12.6. The molecule has 3 aromatic carbocycles. The second-order valence-electron chi connectivity index (χ2n) is 7.30. The minimum Gasteiger partial charge on any atom is -0.352 e. The lowest BCUT2D eigenvalue weighted by Gasteiger charge is -2.18. The second-order valence-corrected chi connectivity index (χ2v) is 10.7. The van der Waals surface area contributed by atoms with Crippen molar-refractivity contribution in [3.05, 3.63) is 111 Å². The molecule has 1 heterocycles. The lowest BCUT2D eigenvalue weighted by atomic mass is 10.0. The zero-order valence-corrected chi connectivity index (χ0v) is 20.0. The van der Waals surface area contributed by atoms with Gasteiger partial charge in [0.1, 0.15) is 16.7 Å². The maximum Gasteiger partial charge on any atom is 0.215 e. The minimum atomic E-state index is -4.00. The Morgan fingerprint density at radius 2 is 1.24 bits per heavy atom. The molecule has 0 saturated carbocycles. The van der Waals surface area contributed by atoms with Crippen LogP contribution in [0.3, 0.4) is 0 Å². The van der Waals surface area contributed by atoms with Crippen molar-refractivity contribution in [1.82, 2.24) is 5.16 Å². The molecule has 168 valence electrons. The van der Waals surface area contributed by atoms with E-state index in [1.54, 1.807) is 72.8 Å². The van der Waals surface area contributed by atoms with Crippen LogP contribution in [0.4, 0.5) is 0 Å². The Hall–Kier alpha value is -2.64. The first kappa shape index (κ1) is 23.5. The van der Waals surface area contributed by atoms with E-state index >= 15 is 0 Å². The first-order valence-electron chi connectivity index (χ1n) is 9.71. The fraction of sp³-hybridized carbons (Fsp3) is 0.0833. The molecule has 0 spiro atoms. The Morgan fingerprint density at radius 1 is 0.788 bits per heavy atom. The van der Waals surface area contributed by atoms with Crippen LogP contribution in [-0.4, -0.2) is 25.1 Å². The van der Waals surface area contributed by atoms with E-state index in [0.717, 1.165) is 0 Å². The number of nitrogens with zero attached hydrogens (tertiary/aromatic N) is 1. The maximum absolute atomic E-state index is 13.4. The molecule has 0 fully saturated rings. The molecule has 0 bridgehead atoms. The van der Waals surface area contributed by atoms with E-state index in [1.165, 1.54) is 6.07 Å². The zero-order chi connectivity index (χ0) is 23.6. The molecule has 0 unspecified atom stereocenters. The largest absolute Gasteiger partial charge is 0.352 e. The fourth-order valence-corrected chi connectivity index (χ4v) is 5.58. The van der Waals surface area contributed by atoms with Crippen LogP contribution in [-0.2, 0) is 9.84 Å². The third kappa shape index (κ3) is 5.47. The third-order valence-corrected chi connectivity index (χ3v) is 7.64. The predicted octanol–water partition coefficient (Wildman–Crippen LogP) is 6.69. The van der Waals surface area contributed by atoms with Gasteiger partial charge in [0.2, 0.25) is 11.5 Å². The number of sulfone groups is 1. The molecule has 0 saturated heterocycles. The van der Waals surface area contributed by atoms with Crippen molar-refractivity contribution < 1.29 is 17.7 Å². The Labute approximate surface area is 205 Å². The standard InChI is InChI=1S/C24H16Cl3NO4S/c25-18-7-1-15(2-8-18)21-13-23(32-28-21)22(29)14-33(30,31)24(16-3-9-19(26)10-4-16)17-5-11-20(27)12-6-17/h1-13,24H,14H2. The average Bonchev–Trinajstić information content (AvgIpc) is 3.27.